The van der Waals surface area contributed by atoms with Crippen LogP contribution in [0.25, 0.3) is 10.9 Å². The molecule has 0 amide bonds. The number of fused-ring (bicyclic) bond motifs is 1. The number of rotatable bonds is 2. The molecule has 1 heterocycles. The molecular formula is C10H6Cl2N2O3. The van der Waals surface area contributed by atoms with Crippen LogP contribution in [0.3, 0.4) is 0 Å². The minimum atomic E-state index is -1.18. The molecule has 7 heteroatoms. The summed E-state index contributed by atoms with van der Waals surface area (Å²) >= 11 is 11.6. The van der Waals surface area contributed by atoms with Crippen molar-refractivity contribution >= 4 is 40.1 Å². The maximum Gasteiger partial charge on any atom is 0.323 e. The monoisotopic (exact) mass is 272 g/mol. The van der Waals surface area contributed by atoms with Crippen molar-refractivity contribution < 1.29 is 9.90 Å². The zero-order valence-electron chi connectivity index (χ0n) is 8.35. The molecule has 0 bridgehead atoms. The Morgan fingerprint density at radius 2 is 2.12 bits per heavy atom. The number of carbonyl (C=O) groups is 1. The molecule has 1 aromatic heterocycles. The fraction of sp³-hybridized carbons (Fsp3) is 0.100. The van der Waals surface area contributed by atoms with Gasteiger partial charge in [-0.05, 0) is 23.7 Å². The lowest BCUT2D eigenvalue weighted by molar-refractivity contribution is -0.137. The summed E-state index contributed by atoms with van der Waals surface area (Å²) in [5, 5.41) is 8.89. The molecule has 17 heavy (non-hydrogen) atoms. The lowest BCUT2D eigenvalue weighted by Gasteiger charge is -2.07. The molecule has 2 rings (SSSR count). The molecule has 0 unspecified atom stereocenters. The van der Waals surface area contributed by atoms with Crippen LogP contribution in [-0.4, -0.2) is 20.6 Å². The molecule has 2 aromatic rings. The number of nitrogens with zero attached hydrogens (tertiary/aromatic N) is 2. The van der Waals surface area contributed by atoms with Crippen molar-refractivity contribution in [2.45, 2.75) is 6.54 Å². The van der Waals surface area contributed by atoms with E-state index in [2.05, 4.69) is 4.98 Å². The van der Waals surface area contributed by atoms with Crippen molar-refractivity contribution in [1.29, 1.82) is 0 Å². The van der Waals surface area contributed by atoms with Crippen molar-refractivity contribution in [1.82, 2.24) is 9.55 Å². The van der Waals surface area contributed by atoms with E-state index in [1.807, 2.05) is 0 Å². The molecule has 88 valence electrons. The number of hydrogen-bond donors (Lipinski definition) is 1. The molecule has 0 aliphatic rings. The molecule has 1 aromatic carbocycles. The summed E-state index contributed by atoms with van der Waals surface area (Å²) in [6.45, 7) is -0.550. The maximum absolute atomic E-state index is 12.0. The Labute approximate surface area is 105 Å². The zero-order valence-corrected chi connectivity index (χ0v) is 9.87. The number of aromatic nitrogens is 2. The first kappa shape index (κ1) is 11.9. The van der Waals surface area contributed by atoms with E-state index >= 15 is 0 Å². The summed E-state index contributed by atoms with van der Waals surface area (Å²) in [4.78, 5) is 26.5. The number of carboxylic acids is 1. The highest BCUT2D eigenvalue weighted by Gasteiger charge is 2.13. The van der Waals surface area contributed by atoms with Crippen LogP contribution in [-0.2, 0) is 11.3 Å². The Balaban J connectivity index is 2.83. The summed E-state index contributed by atoms with van der Waals surface area (Å²) in [6, 6.07) is 4.75. The third-order valence-corrected chi connectivity index (χ3v) is 2.78. The molecule has 5 nitrogen and oxygen atoms in total. The number of aliphatic carboxylic acids is 1. The number of benzene rings is 1. The first-order chi connectivity index (χ1) is 8.00. The predicted molar refractivity (Wildman–Crippen MR) is 63.7 cm³/mol. The second kappa shape index (κ2) is 4.35. The van der Waals surface area contributed by atoms with Gasteiger partial charge in [0.2, 0.25) is 5.28 Å². The Bertz CT molecular complexity index is 666. The molecule has 0 spiro atoms. The number of hydrogen-bond acceptors (Lipinski definition) is 3. The van der Waals surface area contributed by atoms with E-state index in [9.17, 15) is 9.59 Å². The second-order valence-electron chi connectivity index (χ2n) is 3.30. The van der Waals surface area contributed by atoms with Gasteiger partial charge in [-0.2, -0.15) is 0 Å². The van der Waals surface area contributed by atoms with Gasteiger partial charge in [0, 0.05) is 0 Å². The third-order valence-electron chi connectivity index (χ3n) is 2.18. The van der Waals surface area contributed by atoms with Crippen LogP contribution < -0.4 is 5.56 Å². The van der Waals surface area contributed by atoms with Crippen LogP contribution in [0.15, 0.2) is 23.0 Å². The van der Waals surface area contributed by atoms with Crippen molar-refractivity contribution in [3.63, 3.8) is 0 Å². The molecule has 0 radical (unpaired) electrons. The Hall–Kier alpha value is -1.59. The molecule has 0 saturated heterocycles. The summed E-state index contributed by atoms with van der Waals surface area (Å²) in [7, 11) is 0. The Morgan fingerprint density at radius 3 is 2.76 bits per heavy atom. The molecule has 0 aliphatic carbocycles. The van der Waals surface area contributed by atoms with Gasteiger partial charge in [0.05, 0.1) is 15.9 Å². The molecule has 0 aliphatic heterocycles. The van der Waals surface area contributed by atoms with Crippen LogP contribution in [0.5, 0.6) is 0 Å². The average Bonchev–Trinajstić information content (AvgIpc) is 2.23. The highest BCUT2D eigenvalue weighted by molar-refractivity contribution is 6.35. The van der Waals surface area contributed by atoms with Crippen molar-refractivity contribution in [3.05, 3.63) is 38.9 Å². The maximum atomic E-state index is 12.0. The summed E-state index contributed by atoms with van der Waals surface area (Å²) < 4.78 is 0.859. The van der Waals surface area contributed by atoms with Gasteiger partial charge in [-0.3, -0.25) is 14.2 Å². The lowest BCUT2D eigenvalue weighted by Crippen LogP contribution is -2.26. The quantitative estimate of drug-likeness (QED) is 0.846. The van der Waals surface area contributed by atoms with Gasteiger partial charge >= 0.3 is 5.97 Å². The van der Waals surface area contributed by atoms with Crippen LogP contribution in [0.1, 0.15) is 0 Å². The third kappa shape index (κ3) is 2.11. The standard InChI is InChI=1S/C10H6Cl2N2O3/c11-5-2-1-3-6-8(5)9(17)14(4-7(15)16)10(12)13-6/h1-3H,4H2,(H,15,16). The van der Waals surface area contributed by atoms with Crippen LogP contribution in [0.2, 0.25) is 10.3 Å². The van der Waals surface area contributed by atoms with Gasteiger partial charge in [-0.1, -0.05) is 17.7 Å². The fourth-order valence-electron chi connectivity index (χ4n) is 1.47. The second-order valence-corrected chi connectivity index (χ2v) is 4.05. The van der Waals surface area contributed by atoms with Crippen molar-refractivity contribution in [2.24, 2.45) is 0 Å². The van der Waals surface area contributed by atoms with E-state index in [0.717, 1.165) is 4.57 Å². The van der Waals surface area contributed by atoms with Gasteiger partial charge in [-0.15, -0.1) is 0 Å². The topological polar surface area (TPSA) is 72.2 Å². The summed E-state index contributed by atoms with van der Waals surface area (Å²) in [5.74, 6) is -1.18. The first-order valence-electron chi connectivity index (χ1n) is 4.57. The van der Waals surface area contributed by atoms with E-state index in [4.69, 9.17) is 28.3 Å². The first-order valence-corrected chi connectivity index (χ1v) is 5.32. The van der Waals surface area contributed by atoms with Gasteiger partial charge in [0.15, 0.2) is 0 Å². The highest BCUT2D eigenvalue weighted by atomic mass is 35.5. The van der Waals surface area contributed by atoms with Crippen molar-refractivity contribution in [3.8, 4) is 0 Å². The summed E-state index contributed by atoms with van der Waals surface area (Å²) in [5.41, 5.74) is -0.220. The van der Waals surface area contributed by atoms with Gasteiger partial charge < -0.3 is 5.11 Å². The molecule has 0 fully saturated rings. The summed E-state index contributed by atoms with van der Waals surface area (Å²) in [6.07, 6.45) is 0. The predicted octanol–water partition coefficient (Wildman–Crippen LogP) is 1.79. The Morgan fingerprint density at radius 1 is 1.41 bits per heavy atom. The molecular weight excluding hydrogens is 267 g/mol. The number of halogens is 2. The van der Waals surface area contributed by atoms with Gasteiger partial charge in [0.1, 0.15) is 6.54 Å². The van der Waals surface area contributed by atoms with Crippen LogP contribution in [0, 0.1) is 0 Å². The van der Waals surface area contributed by atoms with E-state index < -0.39 is 18.1 Å². The highest BCUT2D eigenvalue weighted by Crippen LogP contribution is 2.19. The minimum Gasteiger partial charge on any atom is -0.480 e. The fourth-order valence-corrected chi connectivity index (χ4v) is 1.95. The lowest BCUT2D eigenvalue weighted by atomic mass is 10.2. The van der Waals surface area contributed by atoms with E-state index in [-0.39, 0.29) is 15.7 Å². The molecule has 0 atom stereocenters. The molecule has 1 N–H and O–H groups in total. The van der Waals surface area contributed by atoms with Gasteiger partial charge in [-0.25, -0.2) is 4.98 Å². The van der Waals surface area contributed by atoms with E-state index in [1.165, 1.54) is 6.07 Å². The van der Waals surface area contributed by atoms with Crippen LogP contribution >= 0.6 is 23.2 Å². The zero-order chi connectivity index (χ0) is 12.6. The smallest absolute Gasteiger partial charge is 0.323 e. The minimum absolute atomic E-state index is 0.166. The number of carboxylic acid groups (broad SMARTS) is 1. The largest absolute Gasteiger partial charge is 0.480 e. The SMILES string of the molecule is O=C(O)Cn1c(Cl)nc2cccc(Cl)c2c1=O. The van der Waals surface area contributed by atoms with Gasteiger partial charge in [0.25, 0.3) is 5.56 Å². The van der Waals surface area contributed by atoms with Crippen molar-refractivity contribution in [2.75, 3.05) is 0 Å². The normalized spacial score (nSPS) is 10.7. The van der Waals surface area contributed by atoms with E-state index in [1.54, 1.807) is 12.1 Å². The average molecular weight is 273 g/mol. The molecule has 0 saturated carbocycles. The van der Waals surface area contributed by atoms with E-state index in [0.29, 0.717) is 5.52 Å². The Kier molecular flexibility index (Phi) is 3.04. The van der Waals surface area contributed by atoms with Crippen LogP contribution in [0.4, 0.5) is 0 Å².